The molecule has 1 heterocycles. The Hall–Kier alpha value is -1.79. The van der Waals surface area contributed by atoms with Crippen LogP contribution in [0.1, 0.15) is 38.8 Å². The molecule has 6 heteroatoms. The largest absolute Gasteiger partial charge is 0.491 e. The minimum Gasteiger partial charge on any atom is -0.491 e. The molecule has 2 rings (SSSR count). The maximum Gasteiger partial charge on any atom is 0.317 e. The Morgan fingerprint density at radius 3 is 2.48 bits per heavy atom. The zero-order valence-corrected chi connectivity index (χ0v) is 17.4. The lowest BCUT2D eigenvalue weighted by molar-refractivity contribution is 0.0514. The molecule has 1 atom stereocenters. The number of benzene rings is 1. The number of aliphatic hydroxyl groups excluding tert-OH is 1. The summed E-state index contributed by atoms with van der Waals surface area (Å²) in [6.07, 6.45) is -0.553. The molecule has 1 aliphatic heterocycles. The number of carbonyl (C=O) groups excluding carboxylic acids is 1. The average Bonchev–Trinajstić information content (AvgIpc) is 2.60. The molecule has 1 aliphatic rings. The summed E-state index contributed by atoms with van der Waals surface area (Å²) in [4.78, 5) is 15.8. The van der Waals surface area contributed by atoms with Crippen LogP contribution >= 0.6 is 0 Å². The zero-order valence-electron chi connectivity index (χ0n) is 17.4. The van der Waals surface area contributed by atoms with E-state index in [-0.39, 0.29) is 18.1 Å². The molecule has 2 N–H and O–H groups in total. The number of hydrogen-bond donors (Lipinski definition) is 2. The van der Waals surface area contributed by atoms with Crippen molar-refractivity contribution in [2.24, 2.45) is 0 Å². The lowest BCUT2D eigenvalue weighted by atomic mass is 9.86. The number of aryl methyl sites for hydroxylation is 1. The van der Waals surface area contributed by atoms with Crippen molar-refractivity contribution < 1.29 is 14.6 Å². The Morgan fingerprint density at radius 2 is 1.93 bits per heavy atom. The smallest absolute Gasteiger partial charge is 0.317 e. The summed E-state index contributed by atoms with van der Waals surface area (Å²) >= 11 is 0. The standard InChI is InChI=1S/C21H35N3O3/c1-6-22-20(26)24-11-9-23(10-12-24)14-18(25)15-27-19-8-7-17(13-16(19)2)21(3,4)5/h7-8,13,18,25H,6,9-12,14-15H2,1-5H3,(H,22,26). The molecule has 1 aromatic carbocycles. The Labute approximate surface area is 163 Å². The van der Waals surface area contributed by atoms with Crippen LogP contribution in [0.5, 0.6) is 5.75 Å². The lowest BCUT2D eigenvalue weighted by Gasteiger charge is -2.35. The first kappa shape index (κ1) is 21.5. The number of ether oxygens (including phenoxy) is 1. The van der Waals surface area contributed by atoms with Crippen LogP contribution in [0.25, 0.3) is 0 Å². The molecular formula is C21H35N3O3. The second kappa shape index (κ2) is 9.42. The third-order valence-corrected chi connectivity index (χ3v) is 4.93. The maximum absolute atomic E-state index is 11.8. The van der Waals surface area contributed by atoms with Crippen molar-refractivity contribution in [3.05, 3.63) is 29.3 Å². The molecule has 27 heavy (non-hydrogen) atoms. The number of nitrogens with one attached hydrogen (secondary N) is 1. The molecule has 2 amide bonds. The first-order valence-corrected chi connectivity index (χ1v) is 9.88. The van der Waals surface area contributed by atoms with Crippen LogP contribution in [-0.2, 0) is 5.41 Å². The molecular weight excluding hydrogens is 342 g/mol. The fourth-order valence-electron chi connectivity index (χ4n) is 3.21. The predicted molar refractivity (Wildman–Crippen MR) is 108 cm³/mol. The molecule has 0 aliphatic carbocycles. The predicted octanol–water partition coefficient (Wildman–Crippen LogP) is 2.38. The fourth-order valence-corrected chi connectivity index (χ4v) is 3.21. The molecule has 0 bridgehead atoms. The molecule has 0 aromatic heterocycles. The molecule has 6 nitrogen and oxygen atoms in total. The van der Waals surface area contributed by atoms with Crippen molar-refractivity contribution in [3.8, 4) is 5.75 Å². The van der Waals surface area contributed by atoms with E-state index < -0.39 is 6.10 Å². The van der Waals surface area contributed by atoms with Gasteiger partial charge in [-0.1, -0.05) is 32.9 Å². The first-order chi connectivity index (χ1) is 12.7. The van der Waals surface area contributed by atoms with E-state index >= 15 is 0 Å². The molecule has 0 radical (unpaired) electrons. The van der Waals surface area contributed by atoms with E-state index in [4.69, 9.17) is 4.74 Å². The van der Waals surface area contributed by atoms with Gasteiger partial charge < -0.3 is 20.1 Å². The SMILES string of the molecule is CCNC(=O)N1CCN(CC(O)COc2ccc(C(C)(C)C)cc2C)CC1. The Kier molecular flexibility index (Phi) is 7.50. The quantitative estimate of drug-likeness (QED) is 0.799. The van der Waals surface area contributed by atoms with Gasteiger partial charge in [-0.3, -0.25) is 4.90 Å². The Morgan fingerprint density at radius 1 is 1.26 bits per heavy atom. The van der Waals surface area contributed by atoms with Crippen molar-refractivity contribution in [1.82, 2.24) is 15.1 Å². The summed E-state index contributed by atoms with van der Waals surface area (Å²) in [5, 5.41) is 13.2. The van der Waals surface area contributed by atoms with Crippen LogP contribution in [0.15, 0.2) is 18.2 Å². The van der Waals surface area contributed by atoms with Gasteiger partial charge in [0.25, 0.3) is 0 Å². The van der Waals surface area contributed by atoms with Crippen LogP contribution in [0.2, 0.25) is 0 Å². The summed E-state index contributed by atoms with van der Waals surface area (Å²) in [6.45, 7) is 14.9. The van der Waals surface area contributed by atoms with Crippen LogP contribution in [0.4, 0.5) is 4.79 Å². The number of urea groups is 1. The molecule has 0 saturated carbocycles. The average molecular weight is 378 g/mol. The van der Waals surface area contributed by atoms with Crippen molar-refractivity contribution in [1.29, 1.82) is 0 Å². The summed E-state index contributed by atoms with van der Waals surface area (Å²) in [5.74, 6) is 0.822. The lowest BCUT2D eigenvalue weighted by Crippen LogP contribution is -2.53. The van der Waals surface area contributed by atoms with Crippen LogP contribution in [-0.4, -0.2) is 72.9 Å². The fraction of sp³-hybridized carbons (Fsp3) is 0.667. The van der Waals surface area contributed by atoms with Crippen LogP contribution < -0.4 is 10.1 Å². The monoisotopic (exact) mass is 377 g/mol. The van der Waals surface area contributed by atoms with E-state index in [0.29, 0.717) is 26.2 Å². The van der Waals surface area contributed by atoms with E-state index in [1.54, 1.807) is 0 Å². The van der Waals surface area contributed by atoms with Crippen molar-refractivity contribution in [2.45, 2.75) is 46.1 Å². The Balaban J connectivity index is 1.77. The zero-order chi connectivity index (χ0) is 20.0. The van der Waals surface area contributed by atoms with Gasteiger partial charge in [0.2, 0.25) is 0 Å². The summed E-state index contributed by atoms with van der Waals surface area (Å²) in [5.41, 5.74) is 2.47. The third kappa shape index (κ3) is 6.40. The number of aliphatic hydroxyl groups is 1. The molecule has 1 aromatic rings. The van der Waals surface area contributed by atoms with E-state index in [0.717, 1.165) is 24.4 Å². The number of piperazine rings is 1. The minimum absolute atomic E-state index is 0.00443. The number of amides is 2. The minimum atomic E-state index is -0.553. The number of β-amino-alcohol motifs (C(OH)–C–C–N with tert-alkyl or cyclic N) is 1. The van der Waals surface area contributed by atoms with Gasteiger partial charge in [0, 0.05) is 39.3 Å². The third-order valence-electron chi connectivity index (χ3n) is 4.93. The van der Waals surface area contributed by atoms with Gasteiger partial charge in [-0.05, 0) is 36.5 Å². The van der Waals surface area contributed by atoms with Gasteiger partial charge in [0.1, 0.15) is 18.5 Å². The molecule has 1 unspecified atom stereocenters. The van der Waals surface area contributed by atoms with Crippen molar-refractivity contribution >= 4 is 6.03 Å². The maximum atomic E-state index is 11.8. The summed E-state index contributed by atoms with van der Waals surface area (Å²) in [7, 11) is 0. The van der Waals surface area contributed by atoms with Gasteiger partial charge in [-0.25, -0.2) is 4.79 Å². The highest BCUT2D eigenvalue weighted by Gasteiger charge is 2.22. The number of rotatable bonds is 6. The number of carbonyl (C=O) groups is 1. The van der Waals surface area contributed by atoms with Crippen LogP contribution in [0, 0.1) is 6.92 Å². The molecule has 1 saturated heterocycles. The molecule has 1 fully saturated rings. The second-order valence-electron chi connectivity index (χ2n) is 8.32. The second-order valence-corrected chi connectivity index (χ2v) is 8.32. The summed E-state index contributed by atoms with van der Waals surface area (Å²) < 4.78 is 5.85. The molecule has 152 valence electrons. The topological polar surface area (TPSA) is 65.0 Å². The van der Waals surface area contributed by atoms with Gasteiger partial charge in [0.15, 0.2) is 0 Å². The van der Waals surface area contributed by atoms with Gasteiger partial charge >= 0.3 is 6.03 Å². The van der Waals surface area contributed by atoms with Gasteiger partial charge in [-0.15, -0.1) is 0 Å². The molecule has 0 spiro atoms. The van der Waals surface area contributed by atoms with E-state index in [1.807, 2.05) is 24.8 Å². The first-order valence-electron chi connectivity index (χ1n) is 9.88. The van der Waals surface area contributed by atoms with Crippen molar-refractivity contribution in [3.63, 3.8) is 0 Å². The summed E-state index contributed by atoms with van der Waals surface area (Å²) in [6, 6.07) is 6.24. The van der Waals surface area contributed by atoms with E-state index in [2.05, 4.69) is 43.1 Å². The van der Waals surface area contributed by atoms with Crippen molar-refractivity contribution in [2.75, 3.05) is 45.9 Å². The van der Waals surface area contributed by atoms with E-state index in [1.165, 1.54) is 5.56 Å². The highest BCUT2D eigenvalue weighted by molar-refractivity contribution is 5.74. The highest BCUT2D eigenvalue weighted by atomic mass is 16.5. The normalized spacial score (nSPS) is 16.9. The highest BCUT2D eigenvalue weighted by Crippen LogP contribution is 2.27. The number of hydrogen-bond acceptors (Lipinski definition) is 4. The van der Waals surface area contributed by atoms with Gasteiger partial charge in [-0.2, -0.15) is 0 Å². The Bertz CT molecular complexity index is 620. The van der Waals surface area contributed by atoms with Gasteiger partial charge in [0.05, 0.1) is 0 Å². The number of nitrogens with zero attached hydrogens (tertiary/aromatic N) is 2. The van der Waals surface area contributed by atoms with Crippen LogP contribution in [0.3, 0.4) is 0 Å². The van der Waals surface area contributed by atoms with E-state index in [9.17, 15) is 9.90 Å².